The molecule has 0 aromatic carbocycles. The first-order chi connectivity index (χ1) is 13.9. The summed E-state index contributed by atoms with van der Waals surface area (Å²) in [6.45, 7) is 5.43. The van der Waals surface area contributed by atoms with Gasteiger partial charge in [0.1, 0.15) is 11.1 Å². The normalized spacial score (nSPS) is 27.2. The summed E-state index contributed by atoms with van der Waals surface area (Å²) in [6, 6.07) is 0.562. The number of esters is 2. The molecule has 31 heavy (non-hydrogen) atoms. The number of carbonyl (C=O) groups is 4. The molecule has 2 aliphatic heterocycles. The van der Waals surface area contributed by atoms with E-state index < -0.39 is 35.7 Å². The first kappa shape index (κ1) is 29.0. The Hall–Kier alpha value is -2.03. The van der Waals surface area contributed by atoms with Gasteiger partial charge in [0.05, 0.1) is 0 Å². The molecular formula is C20H30N2O8Pt. The number of aliphatic hydroxyl groups is 2. The first-order valence-electron chi connectivity index (χ1n) is 9.69. The van der Waals surface area contributed by atoms with E-state index in [2.05, 4.69) is 9.47 Å². The molecule has 0 bridgehead atoms. The Morgan fingerprint density at radius 1 is 0.806 bits per heavy atom. The van der Waals surface area contributed by atoms with Gasteiger partial charge in [-0.05, 0) is 40.5 Å². The molecule has 2 heterocycles. The van der Waals surface area contributed by atoms with E-state index in [1.54, 1.807) is 0 Å². The fraction of sp³-hybridized carbons (Fsp3) is 0.600. The monoisotopic (exact) mass is 621 g/mol. The Labute approximate surface area is 195 Å². The molecule has 10 nitrogen and oxygen atoms in total. The maximum absolute atomic E-state index is 10.8. The van der Waals surface area contributed by atoms with Gasteiger partial charge in [-0.15, -0.1) is 0 Å². The Balaban J connectivity index is 0.000000434. The van der Waals surface area contributed by atoms with Gasteiger partial charge in [-0.1, -0.05) is 12.8 Å². The van der Waals surface area contributed by atoms with Gasteiger partial charge in [0.25, 0.3) is 0 Å². The van der Waals surface area contributed by atoms with Gasteiger partial charge in [-0.25, -0.2) is 9.59 Å². The second kappa shape index (κ2) is 12.7. The Morgan fingerprint density at radius 2 is 1.10 bits per heavy atom. The number of hydrogen-bond acceptors (Lipinski definition) is 10. The number of Topliss-reactive ketones (excluding diaryl/α,β-unsaturated/α-hetero) is 2. The number of ketones is 2. The van der Waals surface area contributed by atoms with E-state index in [9.17, 15) is 19.2 Å². The molecule has 1 fully saturated rings. The van der Waals surface area contributed by atoms with Crippen LogP contribution in [0.3, 0.4) is 0 Å². The minimum atomic E-state index is -0.734. The van der Waals surface area contributed by atoms with E-state index in [4.69, 9.17) is 21.7 Å². The zero-order chi connectivity index (χ0) is 23.2. The molecule has 0 spiro atoms. The number of hydrogen-bond donors (Lipinski definition) is 4. The average molecular weight is 622 g/mol. The van der Waals surface area contributed by atoms with Crippen LogP contribution in [-0.4, -0.2) is 58.0 Å². The van der Waals surface area contributed by atoms with E-state index in [-0.39, 0.29) is 55.8 Å². The van der Waals surface area contributed by atoms with E-state index in [0.717, 1.165) is 12.8 Å². The van der Waals surface area contributed by atoms with Gasteiger partial charge >= 0.3 is 11.9 Å². The summed E-state index contributed by atoms with van der Waals surface area (Å²) < 4.78 is 9.13. The molecule has 0 saturated heterocycles. The molecule has 3 rings (SSSR count). The summed E-state index contributed by atoms with van der Waals surface area (Å²) in [5, 5.41) is 18.2. The molecule has 0 aromatic rings. The fourth-order valence-corrected chi connectivity index (χ4v) is 3.00. The quantitative estimate of drug-likeness (QED) is 0.256. The predicted molar refractivity (Wildman–Crippen MR) is 106 cm³/mol. The van der Waals surface area contributed by atoms with Crippen molar-refractivity contribution in [1.29, 1.82) is 0 Å². The average Bonchev–Trinajstić information content (AvgIpc) is 3.05. The van der Waals surface area contributed by atoms with Crippen molar-refractivity contribution in [3.8, 4) is 0 Å². The fourth-order valence-electron chi connectivity index (χ4n) is 3.00. The van der Waals surface area contributed by atoms with Gasteiger partial charge in [0, 0.05) is 33.1 Å². The second-order valence-corrected chi connectivity index (χ2v) is 7.34. The Kier molecular flexibility index (Phi) is 11.9. The topological polar surface area (TPSA) is 179 Å². The Bertz CT molecular complexity index is 713. The van der Waals surface area contributed by atoms with Gasteiger partial charge in [0.15, 0.2) is 35.3 Å². The molecule has 11 heteroatoms. The van der Waals surface area contributed by atoms with Crippen molar-refractivity contribution in [2.45, 2.75) is 77.7 Å². The molecule has 0 amide bonds. The summed E-state index contributed by atoms with van der Waals surface area (Å²) in [5.74, 6) is -2.91. The summed E-state index contributed by atoms with van der Waals surface area (Å²) in [4.78, 5) is 42.9. The van der Waals surface area contributed by atoms with E-state index in [0.29, 0.717) is 0 Å². The van der Waals surface area contributed by atoms with Crippen molar-refractivity contribution in [3.05, 3.63) is 22.7 Å². The number of nitrogens with two attached hydrogens (primary N) is 2. The first-order valence-corrected chi connectivity index (χ1v) is 9.69. The molecule has 4 atom stereocenters. The Morgan fingerprint density at radius 3 is 1.23 bits per heavy atom. The van der Waals surface area contributed by atoms with Crippen LogP contribution in [0.4, 0.5) is 0 Å². The molecule has 6 N–H and O–H groups in total. The SMILES string of the molecule is CC(=O)C1=C(O)C(C)OC1=O.CC(=O)C1=C(O)C(C)OC1=O.N[C@@H]1CCCC[C@H]1N.[Pt]. The minimum absolute atomic E-state index is 0. The van der Waals surface area contributed by atoms with Crippen molar-refractivity contribution < 1.29 is 59.9 Å². The van der Waals surface area contributed by atoms with Crippen LogP contribution in [0, 0.1) is 0 Å². The molecule has 3 aliphatic rings. The van der Waals surface area contributed by atoms with Crippen LogP contribution < -0.4 is 11.5 Å². The molecule has 1 aliphatic carbocycles. The molecular weight excluding hydrogens is 591 g/mol. The van der Waals surface area contributed by atoms with Crippen molar-refractivity contribution >= 4 is 23.5 Å². The molecule has 0 aromatic heterocycles. The minimum Gasteiger partial charge on any atom is -0.507 e. The summed E-state index contributed by atoms with van der Waals surface area (Å²) >= 11 is 0. The summed E-state index contributed by atoms with van der Waals surface area (Å²) in [6.07, 6.45) is 3.44. The van der Waals surface area contributed by atoms with Crippen LogP contribution in [0.1, 0.15) is 53.4 Å². The third-order valence-corrected chi connectivity index (χ3v) is 4.84. The van der Waals surface area contributed by atoms with Crippen LogP contribution in [-0.2, 0) is 49.7 Å². The number of rotatable bonds is 2. The van der Waals surface area contributed by atoms with Crippen molar-refractivity contribution in [2.75, 3.05) is 0 Å². The molecule has 1 saturated carbocycles. The molecule has 178 valence electrons. The number of ether oxygens (including phenoxy) is 2. The standard InChI is InChI=1S/2C7H8O4.C6H14N2.Pt/c2*1-3(8)5-6(9)4(2)11-7(5)10;7-5-3-1-2-4-6(5)8;/h2*4,9H,1-2H3;5-6H,1-4,7-8H2;/t;;5-,6-;/m..1./s1. The third-order valence-electron chi connectivity index (χ3n) is 4.84. The van der Waals surface area contributed by atoms with Crippen molar-refractivity contribution in [2.24, 2.45) is 11.5 Å². The van der Waals surface area contributed by atoms with Gasteiger partial charge in [-0.3, -0.25) is 9.59 Å². The van der Waals surface area contributed by atoms with Crippen LogP contribution in [0.5, 0.6) is 0 Å². The third kappa shape index (κ3) is 7.87. The van der Waals surface area contributed by atoms with Gasteiger partial charge < -0.3 is 31.2 Å². The number of carbonyl (C=O) groups excluding carboxylic acids is 4. The number of aliphatic hydroxyl groups excluding tert-OH is 2. The van der Waals surface area contributed by atoms with E-state index >= 15 is 0 Å². The van der Waals surface area contributed by atoms with Crippen LogP contribution in [0.15, 0.2) is 22.7 Å². The van der Waals surface area contributed by atoms with E-state index in [1.807, 2.05) is 0 Å². The maximum atomic E-state index is 10.8. The van der Waals surface area contributed by atoms with Crippen LogP contribution in [0.2, 0.25) is 0 Å². The van der Waals surface area contributed by atoms with Crippen molar-refractivity contribution in [1.82, 2.24) is 0 Å². The summed E-state index contributed by atoms with van der Waals surface area (Å²) in [7, 11) is 0. The zero-order valence-corrected chi connectivity index (χ0v) is 20.2. The van der Waals surface area contributed by atoms with Gasteiger partial charge in [-0.2, -0.15) is 0 Å². The maximum Gasteiger partial charge on any atom is 0.346 e. The predicted octanol–water partition coefficient (Wildman–Crippen LogP) is 0.878. The van der Waals surface area contributed by atoms with E-state index in [1.165, 1.54) is 40.5 Å². The molecule has 2 unspecified atom stereocenters. The summed E-state index contributed by atoms with van der Waals surface area (Å²) in [5.41, 5.74) is 10.9. The van der Waals surface area contributed by atoms with Gasteiger partial charge in [0.2, 0.25) is 0 Å². The van der Waals surface area contributed by atoms with Crippen LogP contribution >= 0.6 is 0 Å². The molecule has 0 radical (unpaired) electrons. The van der Waals surface area contributed by atoms with Crippen LogP contribution in [0.25, 0.3) is 0 Å². The number of cyclic esters (lactones) is 2. The second-order valence-electron chi connectivity index (χ2n) is 7.34. The smallest absolute Gasteiger partial charge is 0.346 e. The largest absolute Gasteiger partial charge is 0.507 e. The van der Waals surface area contributed by atoms with Crippen molar-refractivity contribution in [3.63, 3.8) is 0 Å². The zero-order valence-electron chi connectivity index (χ0n) is 18.0.